The Morgan fingerprint density at radius 1 is 1.29 bits per heavy atom. The molecule has 1 aliphatic heterocycles. The minimum Gasteiger partial charge on any atom is -0.371 e. The molecule has 24 heavy (non-hydrogen) atoms. The third kappa shape index (κ3) is 4.04. The number of aromatic nitrogens is 3. The molecular weight excluding hydrogens is 304 g/mol. The predicted molar refractivity (Wildman–Crippen MR) is 94.3 cm³/mol. The SMILES string of the molecule is Cc1c(NC(=O)NCCCn2cncn2)cccc1N1CCCC1. The van der Waals surface area contributed by atoms with Crippen LogP contribution in [0, 0.1) is 6.92 Å². The molecule has 2 heterocycles. The summed E-state index contributed by atoms with van der Waals surface area (Å²) in [5.41, 5.74) is 3.21. The van der Waals surface area contributed by atoms with Gasteiger partial charge in [0, 0.05) is 37.6 Å². The molecule has 0 aliphatic carbocycles. The number of hydrogen-bond donors (Lipinski definition) is 2. The quantitative estimate of drug-likeness (QED) is 0.799. The van der Waals surface area contributed by atoms with Crippen molar-refractivity contribution in [3.8, 4) is 0 Å². The molecule has 2 N–H and O–H groups in total. The third-order valence-electron chi connectivity index (χ3n) is 4.32. The Bertz CT molecular complexity index is 664. The summed E-state index contributed by atoms with van der Waals surface area (Å²) in [7, 11) is 0. The molecule has 1 saturated heterocycles. The van der Waals surface area contributed by atoms with Crippen LogP contribution in [0.3, 0.4) is 0 Å². The zero-order valence-corrected chi connectivity index (χ0v) is 14.0. The second-order valence-electron chi connectivity index (χ2n) is 6.04. The van der Waals surface area contributed by atoms with Gasteiger partial charge in [0.2, 0.25) is 0 Å². The van der Waals surface area contributed by atoms with Crippen LogP contribution in [-0.4, -0.2) is 40.4 Å². The molecular formula is C17H24N6O. The van der Waals surface area contributed by atoms with Crippen molar-refractivity contribution in [2.45, 2.75) is 32.7 Å². The van der Waals surface area contributed by atoms with Crippen LogP contribution in [0.5, 0.6) is 0 Å². The molecule has 7 heteroatoms. The van der Waals surface area contributed by atoms with Crippen LogP contribution in [0.2, 0.25) is 0 Å². The summed E-state index contributed by atoms with van der Waals surface area (Å²) in [5, 5.41) is 9.87. The molecule has 3 rings (SSSR count). The van der Waals surface area contributed by atoms with E-state index in [9.17, 15) is 4.79 Å². The number of nitrogens with one attached hydrogen (secondary N) is 2. The molecule has 0 saturated carbocycles. The Kier molecular flexibility index (Phi) is 5.30. The highest BCUT2D eigenvalue weighted by Gasteiger charge is 2.16. The second-order valence-corrected chi connectivity index (χ2v) is 6.04. The van der Waals surface area contributed by atoms with Crippen molar-refractivity contribution >= 4 is 17.4 Å². The molecule has 0 unspecified atom stereocenters. The van der Waals surface area contributed by atoms with E-state index in [0.29, 0.717) is 6.54 Å². The highest BCUT2D eigenvalue weighted by Crippen LogP contribution is 2.29. The fourth-order valence-electron chi connectivity index (χ4n) is 3.02. The fourth-order valence-corrected chi connectivity index (χ4v) is 3.02. The van der Waals surface area contributed by atoms with Gasteiger partial charge in [-0.2, -0.15) is 5.10 Å². The molecule has 0 spiro atoms. The van der Waals surface area contributed by atoms with Crippen LogP contribution in [0.4, 0.5) is 16.2 Å². The Morgan fingerprint density at radius 3 is 2.88 bits per heavy atom. The lowest BCUT2D eigenvalue weighted by Gasteiger charge is -2.22. The summed E-state index contributed by atoms with van der Waals surface area (Å²) in [4.78, 5) is 18.4. The second kappa shape index (κ2) is 7.81. The van der Waals surface area contributed by atoms with E-state index in [1.165, 1.54) is 24.9 Å². The summed E-state index contributed by atoms with van der Waals surface area (Å²) in [6.45, 7) is 5.59. The maximum Gasteiger partial charge on any atom is 0.319 e. The van der Waals surface area contributed by atoms with Crippen molar-refractivity contribution in [3.63, 3.8) is 0 Å². The topological polar surface area (TPSA) is 75.1 Å². The number of anilines is 2. The largest absolute Gasteiger partial charge is 0.371 e. The van der Waals surface area contributed by atoms with E-state index in [0.717, 1.165) is 37.3 Å². The van der Waals surface area contributed by atoms with Crippen LogP contribution >= 0.6 is 0 Å². The Hall–Kier alpha value is -2.57. The average Bonchev–Trinajstić information content (AvgIpc) is 3.27. The average molecular weight is 328 g/mol. The molecule has 0 radical (unpaired) electrons. The summed E-state index contributed by atoms with van der Waals surface area (Å²) >= 11 is 0. The number of hydrogen-bond acceptors (Lipinski definition) is 4. The minimum absolute atomic E-state index is 0.171. The van der Waals surface area contributed by atoms with Gasteiger partial charge in [0.1, 0.15) is 12.7 Å². The number of amides is 2. The molecule has 0 bridgehead atoms. The first kappa shape index (κ1) is 16.3. The zero-order valence-electron chi connectivity index (χ0n) is 14.0. The van der Waals surface area contributed by atoms with Crippen molar-refractivity contribution in [1.82, 2.24) is 20.1 Å². The van der Waals surface area contributed by atoms with Gasteiger partial charge in [0.25, 0.3) is 0 Å². The number of benzene rings is 1. The number of nitrogens with zero attached hydrogens (tertiary/aromatic N) is 4. The van der Waals surface area contributed by atoms with Gasteiger partial charge < -0.3 is 15.5 Å². The molecule has 2 aromatic rings. The van der Waals surface area contributed by atoms with Gasteiger partial charge in [-0.15, -0.1) is 0 Å². The van der Waals surface area contributed by atoms with Crippen molar-refractivity contribution in [1.29, 1.82) is 0 Å². The lowest BCUT2D eigenvalue weighted by molar-refractivity contribution is 0.251. The van der Waals surface area contributed by atoms with Crippen molar-refractivity contribution in [2.75, 3.05) is 29.9 Å². The molecule has 1 aromatic carbocycles. The number of carbonyl (C=O) groups is 1. The van der Waals surface area contributed by atoms with Gasteiger partial charge in [0.15, 0.2) is 0 Å². The van der Waals surface area contributed by atoms with E-state index in [2.05, 4.69) is 38.6 Å². The normalized spacial score (nSPS) is 14.0. The van der Waals surface area contributed by atoms with E-state index >= 15 is 0 Å². The summed E-state index contributed by atoms with van der Waals surface area (Å²) in [5.74, 6) is 0. The molecule has 1 aromatic heterocycles. The Morgan fingerprint density at radius 2 is 2.12 bits per heavy atom. The van der Waals surface area contributed by atoms with E-state index < -0.39 is 0 Å². The molecule has 1 fully saturated rings. The van der Waals surface area contributed by atoms with E-state index in [1.54, 1.807) is 11.0 Å². The lowest BCUT2D eigenvalue weighted by atomic mass is 10.1. The van der Waals surface area contributed by atoms with Crippen LogP contribution in [0.1, 0.15) is 24.8 Å². The highest BCUT2D eigenvalue weighted by molar-refractivity contribution is 5.91. The first-order chi connectivity index (χ1) is 11.7. The van der Waals surface area contributed by atoms with Crippen LogP contribution in [0.25, 0.3) is 0 Å². The predicted octanol–water partition coefficient (Wildman–Crippen LogP) is 2.40. The van der Waals surface area contributed by atoms with Crippen LogP contribution in [-0.2, 0) is 6.54 Å². The zero-order chi connectivity index (χ0) is 16.8. The maximum absolute atomic E-state index is 12.1. The summed E-state index contributed by atoms with van der Waals surface area (Å²) in [6, 6.07) is 5.91. The first-order valence-corrected chi connectivity index (χ1v) is 8.46. The summed E-state index contributed by atoms with van der Waals surface area (Å²) in [6.07, 6.45) is 6.47. The Labute approximate surface area is 142 Å². The number of carbonyl (C=O) groups excluding carboxylic acids is 1. The van der Waals surface area contributed by atoms with Crippen molar-refractivity contribution in [3.05, 3.63) is 36.4 Å². The van der Waals surface area contributed by atoms with Gasteiger partial charge in [-0.05, 0) is 43.9 Å². The Balaban J connectivity index is 1.49. The fraction of sp³-hybridized carbons (Fsp3) is 0.471. The van der Waals surface area contributed by atoms with Crippen LogP contribution in [0.15, 0.2) is 30.9 Å². The number of aryl methyl sites for hydroxylation is 1. The monoisotopic (exact) mass is 328 g/mol. The van der Waals surface area contributed by atoms with Gasteiger partial charge in [-0.1, -0.05) is 6.07 Å². The van der Waals surface area contributed by atoms with Gasteiger partial charge >= 0.3 is 6.03 Å². The number of rotatable bonds is 6. The molecule has 2 amide bonds. The van der Waals surface area contributed by atoms with Gasteiger partial charge in [0.05, 0.1) is 0 Å². The first-order valence-electron chi connectivity index (χ1n) is 8.46. The molecule has 0 atom stereocenters. The minimum atomic E-state index is -0.171. The van der Waals surface area contributed by atoms with Crippen LogP contribution < -0.4 is 15.5 Å². The molecule has 1 aliphatic rings. The molecule has 7 nitrogen and oxygen atoms in total. The lowest BCUT2D eigenvalue weighted by Crippen LogP contribution is -2.30. The van der Waals surface area contributed by atoms with Gasteiger partial charge in [-0.25, -0.2) is 9.78 Å². The highest BCUT2D eigenvalue weighted by atomic mass is 16.2. The van der Waals surface area contributed by atoms with Crippen molar-refractivity contribution in [2.24, 2.45) is 0 Å². The smallest absolute Gasteiger partial charge is 0.319 e. The molecule has 128 valence electrons. The van der Waals surface area contributed by atoms with Gasteiger partial charge in [-0.3, -0.25) is 4.68 Å². The maximum atomic E-state index is 12.1. The van der Waals surface area contributed by atoms with E-state index in [1.807, 2.05) is 12.1 Å². The van der Waals surface area contributed by atoms with E-state index in [-0.39, 0.29) is 6.03 Å². The number of urea groups is 1. The standard InChI is InChI=1S/C17H24N6O/c1-14-15(6-4-7-16(14)22-9-2-3-10-22)21-17(24)19-8-5-11-23-13-18-12-20-23/h4,6-7,12-13H,2-3,5,8-11H2,1H3,(H2,19,21,24). The van der Waals surface area contributed by atoms with E-state index in [4.69, 9.17) is 0 Å². The van der Waals surface area contributed by atoms with Crippen molar-refractivity contribution < 1.29 is 4.79 Å². The third-order valence-corrected chi connectivity index (χ3v) is 4.32. The summed E-state index contributed by atoms with van der Waals surface area (Å²) < 4.78 is 1.75.